The van der Waals surface area contributed by atoms with Gasteiger partial charge in [-0.15, -0.1) is 0 Å². The molecule has 0 saturated heterocycles. The molecular weight excluding hydrogens is 354 g/mol. The van der Waals surface area contributed by atoms with Gasteiger partial charge in [0.15, 0.2) is 17.5 Å². The van der Waals surface area contributed by atoms with E-state index in [1.807, 2.05) is 32.9 Å². The molecule has 28 heavy (non-hydrogen) atoms. The first kappa shape index (κ1) is 21.4. The standard InChI is InChI=1S/C22H31N3O3/c1-5-23-22(24-12-11-17-8-7-16(3)20(13-17)27-4)25-15-18-9-10-19(26)21(14-18)28-6-2/h7-10,13-14,26H,5-6,11-12,15H2,1-4H3,(H2,23,24,25). The van der Waals surface area contributed by atoms with Gasteiger partial charge in [0, 0.05) is 13.1 Å². The van der Waals surface area contributed by atoms with Crippen molar-refractivity contribution < 1.29 is 14.6 Å². The second kappa shape index (κ2) is 11.1. The van der Waals surface area contributed by atoms with Crippen molar-refractivity contribution >= 4 is 5.96 Å². The normalized spacial score (nSPS) is 11.2. The van der Waals surface area contributed by atoms with Gasteiger partial charge in [-0.3, -0.25) is 0 Å². The minimum Gasteiger partial charge on any atom is -0.504 e. The summed E-state index contributed by atoms with van der Waals surface area (Å²) in [5, 5.41) is 16.4. The van der Waals surface area contributed by atoms with Crippen molar-refractivity contribution in [2.45, 2.75) is 33.7 Å². The second-order valence-electron chi connectivity index (χ2n) is 6.41. The maximum Gasteiger partial charge on any atom is 0.191 e. The number of aliphatic imine (C=N–C) groups is 1. The van der Waals surface area contributed by atoms with E-state index in [1.54, 1.807) is 13.2 Å². The number of nitrogens with zero attached hydrogens (tertiary/aromatic N) is 1. The van der Waals surface area contributed by atoms with Crippen molar-refractivity contribution in [2.24, 2.45) is 4.99 Å². The molecule has 0 aliphatic carbocycles. The smallest absolute Gasteiger partial charge is 0.191 e. The lowest BCUT2D eigenvalue weighted by Crippen LogP contribution is -2.38. The Morgan fingerprint density at radius 3 is 2.50 bits per heavy atom. The van der Waals surface area contributed by atoms with Crippen molar-refractivity contribution in [3.05, 3.63) is 53.1 Å². The molecule has 152 valence electrons. The minimum atomic E-state index is 0.146. The zero-order chi connectivity index (χ0) is 20.4. The number of ether oxygens (including phenoxy) is 2. The van der Waals surface area contributed by atoms with E-state index >= 15 is 0 Å². The third kappa shape index (κ3) is 6.37. The number of guanidine groups is 1. The van der Waals surface area contributed by atoms with Gasteiger partial charge in [-0.25, -0.2) is 4.99 Å². The number of aryl methyl sites for hydroxylation is 1. The maximum atomic E-state index is 9.81. The highest BCUT2D eigenvalue weighted by atomic mass is 16.5. The molecule has 0 aromatic heterocycles. The van der Waals surface area contributed by atoms with E-state index < -0.39 is 0 Å². The topological polar surface area (TPSA) is 75.1 Å². The Morgan fingerprint density at radius 1 is 1.04 bits per heavy atom. The van der Waals surface area contributed by atoms with Gasteiger partial charge in [-0.05, 0) is 62.1 Å². The van der Waals surface area contributed by atoms with Crippen LogP contribution in [-0.4, -0.2) is 37.9 Å². The van der Waals surface area contributed by atoms with Crippen LogP contribution in [0.5, 0.6) is 17.2 Å². The molecule has 0 atom stereocenters. The largest absolute Gasteiger partial charge is 0.504 e. The lowest BCUT2D eigenvalue weighted by Gasteiger charge is -2.13. The molecule has 2 aromatic rings. The van der Waals surface area contributed by atoms with Gasteiger partial charge in [-0.1, -0.05) is 18.2 Å². The van der Waals surface area contributed by atoms with Crippen molar-refractivity contribution in [2.75, 3.05) is 26.8 Å². The Balaban J connectivity index is 1.96. The van der Waals surface area contributed by atoms with Crippen LogP contribution < -0.4 is 20.1 Å². The number of hydrogen-bond donors (Lipinski definition) is 3. The van der Waals surface area contributed by atoms with Gasteiger partial charge in [-0.2, -0.15) is 0 Å². The summed E-state index contributed by atoms with van der Waals surface area (Å²) in [6.07, 6.45) is 0.870. The Labute approximate surface area is 167 Å². The summed E-state index contributed by atoms with van der Waals surface area (Å²) in [6.45, 7) is 8.51. The summed E-state index contributed by atoms with van der Waals surface area (Å²) in [5.74, 6) is 2.30. The molecule has 6 nitrogen and oxygen atoms in total. The van der Waals surface area contributed by atoms with Crippen LogP contribution in [0.4, 0.5) is 0 Å². The number of nitrogens with one attached hydrogen (secondary N) is 2. The molecule has 0 heterocycles. The molecule has 3 N–H and O–H groups in total. The number of phenolic OH excluding ortho intramolecular Hbond substituents is 1. The fourth-order valence-electron chi connectivity index (χ4n) is 2.79. The third-order valence-electron chi connectivity index (χ3n) is 4.27. The molecule has 0 fully saturated rings. The summed E-state index contributed by atoms with van der Waals surface area (Å²) in [5.41, 5.74) is 3.32. The van der Waals surface area contributed by atoms with Gasteiger partial charge in [0.25, 0.3) is 0 Å². The molecule has 2 rings (SSSR count). The minimum absolute atomic E-state index is 0.146. The van der Waals surface area contributed by atoms with Crippen LogP contribution in [-0.2, 0) is 13.0 Å². The highest BCUT2D eigenvalue weighted by Crippen LogP contribution is 2.27. The fraction of sp³-hybridized carbons (Fsp3) is 0.409. The Kier molecular flexibility index (Phi) is 8.46. The first-order chi connectivity index (χ1) is 13.6. The summed E-state index contributed by atoms with van der Waals surface area (Å²) in [7, 11) is 1.70. The number of rotatable bonds is 9. The van der Waals surface area contributed by atoms with E-state index in [1.165, 1.54) is 5.56 Å². The third-order valence-corrected chi connectivity index (χ3v) is 4.27. The quantitative estimate of drug-likeness (QED) is 0.456. The second-order valence-corrected chi connectivity index (χ2v) is 6.41. The molecule has 6 heteroatoms. The predicted octanol–water partition coefficient (Wildman–Crippen LogP) is 3.41. The maximum absolute atomic E-state index is 9.81. The molecule has 0 saturated carbocycles. The summed E-state index contributed by atoms with van der Waals surface area (Å²) in [4.78, 5) is 4.63. The van der Waals surface area contributed by atoms with Crippen molar-refractivity contribution in [3.63, 3.8) is 0 Å². The van der Waals surface area contributed by atoms with Gasteiger partial charge < -0.3 is 25.2 Å². The number of aromatic hydroxyl groups is 1. The number of phenols is 1. The van der Waals surface area contributed by atoms with Gasteiger partial charge in [0.05, 0.1) is 20.3 Å². The first-order valence-corrected chi connectivity index (χ1v) is 9.67. The van der Waals surface area contributed by atoms with E-state index in [0.29, 0.717) is 18.9 Å². The van der Waals surface area contributed by atoms with Gasteiger partial charge in [0.1, 0.15) is 5.75 Å². The molecule has 0 spiro atoms. The highest BCUT2D eigenvalue weighted by Gasteiger charge is 2.05. The van der Waals surface area contributed by atoms with Crippen molar-refractivity contribution in [3.8, 4) is 17.2 Å². The van der Waals surface area contributed by atoms with E-state index in [9.17, 15) is 5.11 Å². The van der Waals surface area contributed by atoms with E-state index in [-0.39, 0.29) is 5.75 Å². The van der Waals surface area contributed by atoms with Crippen LogP contribution >= 0.6 is 0 Å². The average molecular weight is 386 g/mol. The van der Waals surface area contributed by atoms with Crippen LogP contribution in [0.1, 0.15) is 30.5 Å². The van der Waals surface area contributed by atoms with Crippen LogP contribution in [0.2, 0.25) is 0 Å². The van der Waals surface area contributed by atoms with Crippen LogP contribution in [0.3, 0.4) is 0 Å². The van der Waals surface area contributed by atoms with E-state index in [0.717, 1.165) is 42.3 Å². The van der Waals surface area contributed by atoms with Crippen LogP contribution in [0.15, 0.2) is 41.4 Å². The van der Waals surface area contributed by atoms with E-state index in [4.69, 9.17) is 9.47 Å². The summed E-state index contributed by atoms with van der Waals surface area (Å²) < 4.78 is 10.8. The number of hydrogen-bond acceptors (Lipinski definition) is 4. The number of benzene rings is 2. The molecule has 2 aromatic carbocycles. The SMILES string of the molecule is CCNC(=NCc1ccc(O)c(OCC)c1)NCCc1ccc(C)c(OC)c1. The zero-order valence-corrected chi connectivity index (χ0v) is 17.2. The molecule has 0 unspecified atom stereocenters. The van der Waals surface area contributed by atoms with Crippen molar-refractivity contribution in [1.29, 1.82) is 0 Å². The van der Waals surface area contributed by atoms with E-state index in [2.05, 4.69) is 33.8 Å². The number of methoxy groups -OCH3 is 1. The highest BCUT2D eigenvalue weighted by molar-refractivity contribution is 5.79. The zero-order valence-electron chi connectivity index (χ0n) is 17.2. The van der Waals surface area contributed by atoms with Gasteiger partial charge >= 0.3 is 0 Å². The molecule has 0 amide bonds. The fourth-order valence-corrected chi connectivity index (χ4v) is 2.79. The average Bonchev–Trinajstić information content (AvgIpc) is 2.69. The Morgan fingerprint density at radius 2 is 1.79 bits per heavy atom. The molecule has 0 bridgehead atoms. The monoisotopic (exact) mass is 385 g/mol. The lowest BCUT2D eigenvalue weighted by atomic mass is 10.1. The molecule has 0 radical (unpaired) electrons. The van der Waals surface area contributed by atoms with Crippen molar-refractivity contribution in [1.82, 2.24) is 10.6 Å². The van der Waals surface area contributed by atoms with Gasteiger partial charge in [0.2, 0.25) is 0 Å². The summed E-state index contributed by atoms with van der Waals surface area (Å²) >= 11 is 0. The lowest BCUT2D eigenvalue weighted by molar-refractivity contribution is 0.318. The molecule has 0 aliphatic heterocycles. The summed E-state index contributed by atoms with van der Waals surface area (Å²) in [6, 6.07) is 11.6. The molecule has 0 aliphatic rings. The molecular formula is C22H31N3O3. The van der Waals surface area contributed by atoms with Crippen LogP contribution in [0.25, 0.3) is 0 Å². The van der Waals surface area contributed by atoms with Crippen LogP contribution in [0, 0.1) is 6.92 Å². The Hall–Kier alpha value is -2.89. The predicted molar refractivity (Wildman–Crippen MR) is 114 cm³/mol. The Bertz CT molecular complexity index is 791. The first-order valence-electron chi connectivity index (χ1n) is 9.67.